The lowest BCUT2D eigenvalue weighted by Crippen LogP contribution is -2.30. The van der Waals surface area contributed by atoms with Gasteiger partial charge >= 0.3 is 12.0 Å². The maximum atomic E-state index is 12.6. The van der Waals surface area contributed by atoms with Crippen molar-refractivity contribution in [2.45, 2.75) is 27.2 Å². The van der Waals surface area contributed by atoms with Gasteiger partial charge < -0.3 is 25.0 Å². The Labute approximate surface area is 242 Å². The van der Waals surface area contributed by atoms with Crippen LogP contribution >= 0.6 is 0 Å². The molecule has 1 aliphatic heterocycles. The molecular weight excluding hydrogens is 534 g/mol. The van der Waals surface area contributed by atoms with E-state index in [1.165, 1.54) is 11.2 Å². The van der Waals surface area contributed by atoms with Gasteiger partial charge in [0.1, 0.15) is 29.5 Å². The number of aliphatic carboxylic acids is 1. The number of carboxylic acid groups (broad SMARTS) is 1. The Morgan fingerprint density at radius 2 is 1.69 bits per heavy atom. The standard InChI is InChI=1S/C29H25N7O4.C2H6/c1-16-11-13-31-29(34-16)40-20-9-5-17(6-10-20)22-23-25(30)32-15-33-26(23)35(2)24(22)18-3-7-19(8-4-18)36-14-12-21(27(36)37)28(38)39;1-2/h3-11,13,15,21H,12,14H2,1-2H3,(H,38,39)(H2,30,32,33);1-2H3. The summed E-state index contributed by atoms with van der Waals surface area (Å²) in [5.74, 6) is -1.55. The van der Waals surface area contributed by atoms with Crippen molar-refractivity contribution in [1.29, 1.82) is 0 Å². The van der Waals surface area contributed by atoms with Gasteiger partial charge in [0.25, 0.3) is 0 Å². The first-order valence-electron chi connectivity index (χ1n) is 13.6. The molecule has 1 fully saturated rings. The fourth-order valence-electron chi connectivity index (χ4n) is 5.13. The van der Waals surface area contributed by atoms with Gasteiger partial charge in [0.15, 0.2) is 0 Å². The van der Waals surface area contributed by atoms with E-state index in [1.807, 2.05) is 80.9 Å². The average molecular weight is 566 g/mol. The van der Waals surface area contributed by atoms with Crippen molar-refractivity contribution in [3.63, 3.8) is 0 Å². The van der Waals surface area contributed by atoms with Crippen molar-refractivity contribution in [2.24, 2.45) is 13.0 Å². The highest BCUT2D eigenvalue weighted by atomic mass is 16.5. The van der Waals surface area contributed by atoms with Gasteiger partial charge in [0, 0.05) is 36.7 Å². The minimum absolute atomic E-state index is 0.266. The van der Waals surface area contributed by atoms with E-state index < -0.39 is 17.8 Å². The van der Waals surface area contributed by atoms with Crippen LogP contribution in [0.5, 0.6) is 11.8 Å². The number of nitrogen functional groups attached to an aromatic ring is 1. The fraction of sp³-hybridized carbons (Fsp3) is 0.226. The van der Waals surface area contributed by atoms with Crippen LogP contribution in [0.25, 0.3) is 33.4 Å². The van der Waals surface area contributed by atoms with E-state index in [4.69, 9.17) is 10.5 Å². The first-order valence-corrected chi connectivity index (χ1v) is 13.6. The molecule has 1 unspecified atom stereocenters. The number of hydrogen-bond donors (Lipinski definition) is 2. The molecule has 1 aliphatic rings. The third-order valence-corrected chi connectivity index (χ3v) is 7.08. The molecule has 3 N–H and O–H groups in total. The summed E-state index contributed by atoms with van der Waals surface area (Å²) in [5, 5.41) is 10.0. The van der Waals surface area contributed by atoms with E-state index in [-0.39, 0.29) is 12.4 Å². The van der Waals surface area contributed by atoms with E-state index in [1.54, 1.807) is 12.3 Å². The number of anilines is 2. The van der Waals surface area contributed by atoms with E-state index in [0.717, 1.165) is 33.5 Å². The third-order valence-electron chi connectivity index (χ3n) is 7.08. The maximum Gasteiger partial charge on any atom is 0.322 e. The van der Waals surface area contributed by atoms with Gasteiger partial charge in [-0.1, -0.05) is 38.1 Å². The van der Waals surface area contributed by atoms with E-state index in [0.29, 0.717) is 29.4 Å². The zero-order valence-electron chi connectivity index (χ0n) is 23.8. The normalized spacial score (nSPS) is 14.5. The lowest BCUT2D eigenvalue weighted by molar-refractivity contribution is -0.144. The number of carboxylic acids is 1. The van der Waals surface area contributed by atoms with Gasteiger partial charge in [-0.15, -0.1) is 0 Å². The lowest BCUT2D eigenvalue weighted by Gasteiger charge is -2.17. The Kier molecular flexibility index (Phi) is 7.83. The molecule has 0 radical (unpaired) electrons. The zero-order chi connectivity index (χ0) is 30.0. The first-order chi connectivity index (χ1) is 20.3. The van der Waals surface area contributed by atoms with E-state index in [9.17, 15) is 14.7 Å². The number of carbonyl (C=O) groups is 2. The lowest BCUT2D eigenvalue weighted by atomic mass is 9.98. The predicted octanol–water partition coefficient (Wildman–Crippen LogP) is 5.24. The highest BCUT2D eigenvalue weighted by Gasteiger charge is 2.37. The summed E-state index contributed by atoms with van der Waals surface area (Å²) in [6.07, 6.45) is 3.37. The fourth-order valence-corrected chi connectivity index (χ4v) is 5.13. The molecule has 0 aliphatic carbocycles. The molecule has 0 saturated carbocycles. The average Bonchev–Trinajstić information content (AvgIpc) is 3.53. The van der Waals surface area contributed by atoms with Crippen LogP contribution in [0.3, 0.4) is 0 Å². The molecule has 6 rings (SSSR count). The smallest absolute Gasteiger partial charge is 0.322 e. The van der Waals surface area contributed by atoms with Gasteiger partial charge in [-0.05, 0) is 54.8 Å². The van der Waals surface area contributed by atoms with Gasteiger partial charge in [-0.2, -0.15) is 0 Å². The van der Waals surface area contributed by atoms with Gasteiger partial charge in [0.2, 0.25) is 5.91 Å². The Balaban J connectivity index is 0.00000173. The minimum atomic E-state index is -1.09. The predicted molar refractivity (Wildman–Crippen MR) is 160 cm³/mol. The molecule has 214 valence electrons. The topological polar surface area (TPSA) is 149 Å². The molecule has 0 spiro atoms. The number of carbonyl (C=O) groups excluding carboxylic acids is 1. The van der Waals surface area contributed by atoms with Gasteiger partial charge in [0.05, 0.1) is 11.1 Å². The van der Waals surface area contributed by atoms with E-state index in [2.05, 4.69) is 19.9 Å². The molecule has 5 aromatic rings. The Hall–Kier alpha value is -5.32. The first kappa shape index (κ1) is 28.2. The Morgan fingerprint density at radius 3 is 2.33 bits per heavy atom. The van der Waals surface area contributed by atoms with Crippen molar-refractivity contribution in [2.75, 3.05) is 17.2 Å². The summed E-state index contributed by atoms with van der Waals surface area (Å²) in [6, 6.07) is 17.1. The molecule has 42 heavy (non-hydrogen) atoms. The monoisotopic (exact) mass is 565 g/mol. The molecule has 2 aromatic carbocycles. The number of amides is 1. The number of benzene rings is 2. The summed E-state index contributed by atoms with van der Waals surface area (Å²) in [5.41, 5.74) is 12.0. The molecule has 11 heteroatoms. The van der Waals surface area contributed by atoms with Crippen LogP contribution < -0.4 is 15.4 Å². The molecule has 3 aromatic heterocycles. The van der Waals surface area contributed by atoms with Gasteiger partial charge in [-0.3, -0.25) is 9.59 Å². The third kappa shape index (κ3) is 5.12. The molecular formula is C31H31N7O4. The zero-order valence-corrected chi connectivity index (χ0v) is 23.8. The second-order valence-corrected chi connectivity index (χ2v) is 9.56. The van der Waals surface area contributed by atoms with Crippen LogP contribution in [-0.2, 0) is 16.6 Å². The number of aryl methyl sites for hydroxylation is 2. The largest absolute Gasteiger partial charge is 0.481 e. The van der Waals surface area contributed by atoms with Crippen LogP contribution in [-0.4, -0.2) is 48.0 Å². The van der Waals surface area contributed by atoms with Crippen molar-refractivity contribution in [3.8, 4) is 34.1 Å². The van der Waals surface area contributed by atoms with E-state index >= 15 is 0 Å². The molecule has 0 bridgehead atoms. The second-order valence-electron chi connectivity index (χ2n) is 9.56. The molecule has 1 atom stereocenters. The number of nitrogens with zero attached hydrogens (tertiary/aromatic N) is 6. The number of nitrogens with two attached hydrogens (primary N) is 1. The SMILES string of the molecule is CC.Cc1ccnc(Oc2ccc(-c3c(-c4ccc(N5CCC(C(=O)O)C5=O)cc4)n(C)c4ncnc(N)c34)cc2)n1. The Morgan fingerprint density at radius 1 is 1.00 bits per heavy atom. The number of ether oxygens (including phenoxy) is 1. The minimum Gasteiger partial charge on any atom is -0.481 e. The summed E-state index contributed by atoms with van der Waals surface area (Å²) in [7, 11) is 1.91. The molecule has 11 nitrogen and oxygen atoms in total. The quantitative estimate of drug-likeness (QED) is 0.264. The highest BCUT2D eigenvalue weighted by molar-refractivity contribution is 6.09. The maximum absolute atomic E-state index is 12.6. The van der Waals surface area contributed by atoms with Crippen LogP contribution in [0.2, 0.25) is 0 Å². The highest BCUT2D eigenvalue weighted by Crippen LogP contribution is 2.42. The summed E-state index contributed by atoms with van der Waals surface area (Å²) in [6.45, 7) is 6.23. The number of rotatable bonds is 6. The second kappa shape index (κ2) is 11.7. The van der Waals surface area contributed by atoms with Crippen molar-refractivity contribution >= 4 is 34.4 Å². The Bertz CT molecular complexity index is 1770. The number of fused-ring (bicyclic) bond motifs is 1. The summed E-state index contributed by atoms with van der Waals surface area (Å²) in [4.78, 5) is 42.7. The van der Waals surface area contributed by atoms with Crippen LogP contribution in [0.4, 0.5) is 11.5 Å². The number of hydrogen-bond acceptors (Lipinski definition) is 8. The van der Waals surface area contributed by atoms with Crippen LogP contribution in [0.1, 0.15) is 26.0 Å². The number of aromatic nitrogens is 5. The molecule has 1 saturated heterocycles. The van der Waals surface area contributed by atoms with Crippen LogP contribution in [0, 0.1) is 12.8 Å². The summed E-state index contributed by atoms with van der Waals surface area (Å²) >= 11 is 0. The molecule has 4 heterocycles. The molecule has 1 amide bonds. The van der Waals surface area contributed by atoms with Crippen LogP contribution in [0.15, 0.2) is 67.1 Å². The van der Waals surface area contributed by atoms with Crippen molar-refractivity contribution in [3.05, 3.63) is 72.8 Å². The van der Waals surface area contributed by atoms with Crippen molar-refractivity contribution in [1.82, 2.24) is 24.5 Å². The van der Waals surface area contributed by atoms with Crippen molar-refractivity contribution < 1.29 is 19.4 Å². The van der Waals surface area contributed by atoms with Gasteiger partial charge in [-0.25, -0.2) is 19.9 Å². The summed E-state index contributed by atoms with van der Waals surface area (Å²) < 4.78 is 7.79.